The lowest BCUT2D eigenvalue weighted by molar-refractivity contribution is -0.138. The Morgan fingerprint density at radius 3 is 2.86 bits per heavy atom. The van der Waals surface area contributed by atoms with E-state index in [1.807, 2.05) is 18.2 Å². The zero-order valence-corrected chi connectivity index (χ0v) is 12.3. The number of nitrogens with zero attached hydrogens (tertiary/aromatic N) is 1. The molecule has 2 aromatic rings. The molecule has 1 aromatic carbocycles. The summed E-state index contributed by atoms with van der Waals surface area (Å²) < 4.78 is 7.68. The molecule has 4 nitrogen and oxygen atoms in total. The highest BCUT2D eigenvalue weighted by Gasteiger charge is 2.17. The van der Waals surface area contributed by atoms with Crippen LogP contribution < -0.4 is 0 Å². The fourth-order valence-electron chi connectivity index (χ4n) is 3.00. The zero-order valence-electron chi connectivity index (χ0n) is 12.3. The van der Waals surface area contributed by atoms with Gasteiger partial charge in [-0.05, 0) is 54.8 Å². The molecule has 112 valence electrons. The van der Waals surface area contributed by atoms with Gasteiger partial charge in [0.1, 0.15) is 0 Å². The number of aromatic nitrogens is 1. The first-order valence-corrected chi connectivity index (χ1v) is 7.54. The van der Waals surface area contributed by atoms with Crippen molar-refractivity contribution < 1.29 is 14.6 Å². The van der Waals surface area contributed by atoms with Crippen molar-refractivity contribution in [1.82, 2.24) is 4.57 Å². The van der Waals surface area contributed by atoms with Gasteiger partial charge >= 0.3 is 5.97 Å². The van der Waals surface area contributed by atoms with E-state index in [4.69, 9.17) is 9.84 Å². The smallest absolute Gasteiger partial charge is 0.310 e. The predicted octanol–water partition coefficient (Wildman–Crippen LogP) is 3.26. The van der Waals surface area contributed by atoms with Crippen LogP contribution in [0.1, 0.15) is 31.2 Å². The average molecular weight is 287 g/mol. The van der Waals surface area contributed by atoms with E-state index in [1.165, 1.54) is 5.52 Å². The maximum atomic E-state index is 11.1. The lowest BCUT2D eigenvalue weighted by Crippen LogP contribution is -2.20. The standard InChI is InChI=1S/C17H21NO3/c1-12(17(19)20)14-2-3-16-15(10-14)4-7-18(16)11-13-5-8-21-9-6-13/h2-4,7,10,12-13H,5-6,8-9,11H2,1H3,(H,19,20). The van der Waals surface area contributed by atoms with Gasteiger partial charge in [-0.1, -0.05) is 6.07 Å². The summed E-state index contributed by atoms with van der Waals surface area (Å²) in [6, 6.07) is 8.05. The number of carboxylic acids is 1. The van der Waals surface area contributed by atoms with Crippen molar-refractivity contribution in [2.24, 2.45) is 5.92 Å². The highest BCUT2D eigenvalue weighted by Crippen LogP contribution is 2.25. The van der Waals surface area contributed by atoms with Crippen LogP contribution >= 0.6 is 0 Å². The van der Waals surface area contributed by atoms with Gasteiger partial charge in [-0.2, -0.15) is 0 Å². The molecule has 3 rings (SSSR count). The summed E-state index contributed by atoms with van der Waals surface area (Å²) in [6.07, 6.45) is 4.34. The van der Waals surface area contributed by atoms with Crippen LogP contribution in [0, 0.1) is 5.92 Å². The van der Waals surface area contributed by atoms with E-state index >= 15 is 0 Å². The van der Waals surface area contributed by atoms with Gasteiger partial charge in [0.15, 0.2) is 0 Å². The molecular weight excluding hydrogens is 266 g/mol. The van der Waals surface area contributed by atoms with Crippen molar-refractivity contribution in [3.05, 3.63) is 36.0 Å². The van der Waals surface area contributed by atoms with Crippen molar-refractivity contribution >= 4 is 16.9 Å². The van der Waals surface area contributed by atoms with Crippen LogP contribution in [-0.2, 0) is 16.1 Å². The van der Waals surface area contributed by atoms with E-state index in [-0.39, 0.29) is 0 Å². The van der Waals surface area contributed by atoms with Crippen molar-refractivity contribution in [2.75, 3.05) is 13.2 Å². The fourth-order valence-corrected chi connectivity index (χ4v) is 3.00. The zero-order chi connectivity index (χ0) is 14.8. The van der Waals surface area contributed by atoms with Gasteiger partial charge in [-0.3, -0.25) is 4.79 Å². The second-order valence-electron chi connectivity index (χ2n) is 5.90. The molecule has 0 spiro atoms. The Kier molecular flexibility index (Phi) is 3.97. The van der Waals surface area contributed by atoms with Gasteiger partial charge < -0.3 is 14.4 Å². The summed E-state index contributed by atoms with van der Waals surface area (Å²) in [4.78, 5) is 11.1. The van der Waals surface area contributed by atoms with Crippen LogP contribution in [0.15, 0.2) is 30.5 Å². The van der Waals surface area contributed by atoms with Crippen LogP contribution in [0.3, 0.4) is 0 Å². The Hall–Kier alpha value is -1.81. The number of hydrogen-bond donors (Lipinski definition) is 1. The van der Waals surface area contributed by atoms with E-state index in [0.29, 0.717) is 5.92 Å². The molecule has 0 amide bonds. The monoisotopic (exact) mass is 287 g/mol. The number of hydrogen-bond acceptors (Lipinski definition) is 2. The first kappa shape index (κ1) is 14.1. The minimum Gasteiger partial charge on any atom is -0.481 e. The van der Waals surface area contributed by atoms with E-state index < -0.39 is 11.9 Å². The number of carbonyl (C=O) groups is 1. The van der Waals surface area contributed by atoms with Crippen LogP contribution in [0.5, 0.6) is 0 Å². The van der Waals surface area contributed by atoms with Crippen LogP contribution in [-0.4, -0.2) is 28.9 Å². The van der Waals surface area contributed by atoms with Gasteiger partial charge in [0.2, 0.25) is 0 Å². The Labute approximate surface area is 124 Å². The van der Waals surface area contributed by atoms with Gasteiger partial charge in [0.25, 0.3) is 0 Å². The molecule has 0 saturated carbocycles. The summed E-state index contributed by atoms with van der Waals surface area (Å²) in [5, 5.41) is 10.2. The molecular formula is C17H21NO3. The molecule has 1 atom stereocenters. The topological polar surface area (TPSA) is 51.5 Å². The number of rotatable bonds is 4. The van der Waals surface area contributed by atoms with Crippen molar-refractivity contribution in [2.45, 2.75) is 32.2 Å². The van der Waals surface area contributed by atoms with Crippen LogP contribution in [0.2, 0.25) is 0 Å². The Bertz CT molecular complexity index is 641. The lowest BCUT2D eigenvalue weighted by Gasteiger charge is -2.22. The molecule has 21 heavy (non-hydrogen) atoms. The van der Waals surface area contributed by atoms with Crippen molar-refractivity contribution in [1.29, 1.82) is 0 Å². The molecule has 1 aliphatic rings. The number of fused-ring (bicyclic) bond motifs is 1. The summed E-state index contributed by atoms with van der Waals surface area (Å²) in [5.74, 6) is -0.573. The third kappa shape index (κ3) is 2.95. The molecule has 4 heteroatoms. The fraction of sp³-hybridized carbons (Fsp3) is 0.471. The van der Waals surface area contributed by atoms with Crippen molar-refractivity contribution in [3.63, 3.8) is 0 Å². The third-order valence-corrected chi connectivity index (χ3v) is 4.46. The van der Waals surface area contributed by atoms with E-state index in [2.05, 4.69) is 16.8 Å². The van der Waals surface area contributed by atoms with E-state index in [0.717, 1.165) is 43.5 Å². The summed E-state index contributed by atoms with van der Waals surface area (Å²) >= 11 is 0. The predicted molar refractivity (Wildman–Crippen MR) is 81.5 cm³/mol. The molecule has 1 aliphatic heterocycles. The molecule has 1 saturated heterocycles. The quantitative estimate of drug-likeness (QED) is 0.939. The van der Waals surface area contributed by atoms with Gasteiger partial charge in [-0.15, -0.1) is 0 Å². The molecule has 0 bridgehead atoms. The first-order chi connectivity index (χ1) is 10.1. The first-order valence-electron chi connectivity index (χ1n) is 7.54. The lowest BCUT2D eigenvalue weighted by atomic mass is 9.99. The Morgan fingerprint density at radius 1 is 1.38 bits per heavy atom. The Balaban J connectivity index is 1.83. The summed E-state index contributed by atoms with van der Waals surface area (Å²) in [6.45, 7) is 4.47. The minimum atomic E-state index is -0.781. The number of benzene rings is 1. The number of ether oxygens (including phenoxy) is 1. The Morgan fingerprint density at radius 2 is 2.14 bits per heavy atom. The van der Waals surface area contributed by atoms with Gasteiger partial charge in [-0.25, -0.2) is 0 Å². The largest absolute Gasteiger partial charge is 0.481 e. The molecule has 0 radical (unpaired) electrons. The molecule has 0 aliphatic carbocycles. The highest BCUT2D eigenvalue weighted by atomic mass is 16.5. The van der Waals surface area contributed by atoms with E-state index in [9.17, 15) is 4.79 Å². The highest BCUT2D eigenvalue weighted by molar-refractivity contribution is 5.83. The SMILES string of the molecule is CC(C(=O)O)c1ccc2c(ccn2CC2CCOCC2)c1. The van der Waals surface area contributed by atoms with Crippen molar-refractivity contribution in [3.8, 4) is 0 Å². The van der Waals surface area contributed by atoms with E-state index in [1.54, 1.807) is 6.92 Å². The number of carboxylic acid groups (broad SMARTS) is 1. The maximum absolute atomic E-state index is 11.1. The third-order valence-electron chi connectivity index (χ3n) is 4.46. The number of aliphatic carboxylic acids is 1. The minimum absolute atomic E-state index is 0.465. The van der Waals surface area contributed by atoms with Gasteiger partial charge in [0.05, 0.1) is 5.92 Å². The second-order valence-corrected chi connectivity index (χ2v) is 5.90. The summed E-state index contributed by atoms with van der Waals surface area (Å²) in [5.41, 5.74) is 2.04. The molecule has 1 aromatic heterocycles. The second kappa shape index (κ2) is 5.90. The maximum Gasteiger partial charge on any atom is 0.310 e. The molecule has 1 N–H and O–H groups in total. The van der Waals surface area contributed by atoms with Crippen LogP contribution in [0.4, 0.5) is 0 Å². The molecule has 1 unspecified atom stereocenters. The van der Waals surface area contributed by atoms with Crippen LogP contribution in [0.25, 0.3) is 10.9 Å². The normalized spacial score (nSPS) is 18.0. The molecule has 1 fully saturated rings. The van der Waals surface area contributed by atoms with Gasteiger partial charge in [0, 0.05) is 31.5 Å². The summed E-state index contributed by atoms with van der Waals surface area (Å²) in [7, 11) is 0. The molecule has 2 heterocycles. The average Bonchev–Trinajstić information content (AvgIpc) is 2.90.